The Hall–Kier alpha value is -2.29. The van der Waals surface area contributed by atoms with E-state index in [1.165, 1.54) is 0 Å². The van der Waals surface area contributed by atoms with Crippen molar-refractivity contribution >= 4 is 5.91 Å². The summed E-state index contributed by atoms with van der Waals surface area (Å²) in [7, 11) is 0. The van der Waals surface area contributed by atoms with Crippen molar-refractivity contribution in [1.29, 1.82) is 0 Å². The molecule has 2 aromatic heterocycles. The van der Waals surface area contributed by atoms with Gasteiger partial charge in [-0.15, -0.1) is 0 Å². The standard InChI is InChI=1S/C15H19N5O4/c1-9-16-12(23-18-9)7-22-8-13(21)20-6-2-3-11(20)14-17-15(24-19-14)10-4-5-10/h10-11H,2-8H2,1H3. The van der Waals surface area contributed by atoms with Gasteiger partial charge in [-0.25, -0.2) is 0 Å². The Labute approximate surface area is 138 Å². The third-order valence-corrected chi connectivity index (χ3v) is 4.28. The van der Waals surface area contributed by atoms with Crippen molar-refractivity contribution < 1.29 is 18.6 Å². The molecular weight excluding hydrogens is 314 g/mol. The van der Waals surface area contributed by atoms with E-state index < -0.39 is 0 Å². The minimum atomic E-state index is -0.122. The summed E-state index contributed by atoms with van der Waals surface area (Å²) in [6.45, 7) is 2.50. The number of aryl methyl sites for hydroxylation is 1. The third kappa shape index (κ3) is 3.16. The highest BCUT2D eigenvalue weighted by molar-refractivity contribution is 5.78. The van der Waals surface area contributed by atoms with E-state index >= 15 is 0 Å². The molecule has 9 heteroatoms. The van der Waals surface area contributed by atoms with Gasteiger partial charge < -0.3 is 18.7 Å². The molecule has 0 spiro atoms. The zero-order valence-corrected chi connectivity index (χ0v) is 13.5. The van der Waals surface area contributed by atoms with Crippen molar-refractivity contribution in [3.63, 3.8) is 0 Å². The number of carbonyl (C=O) groups is 1. The average molecular weight is 333 g/mol. The topological polar surface area (TPSA) is 107 Å². The minimum Gasteiger partial charge on any atom is -0.362 e. The number of ether oxygens (including phenoxy) is 1. The van der Waals surface area contributed by atoms with Crippen LogP contribution in [0.25, 0.3) is 0 Å². The van der Waals surface area contributed by atoms with Gasteiger partial charge in [0.25, 0.3) is 5.89 Å². The highest BCUT2D eigenvalue weighted by Crippen LogP contribution is 2.40. The third-order valence-electron chi connectivity index (χ3n) is 4.28. The molecule has 9 nitrogen and oxygen atoms in total. The van der Waals surface area contributed by atoms with Gasteiger partial charge in [0.05, 0.1) is 6.04 Å². The quantitative estimate of drug-likeness (QED) is 0.783. The van der Waals surface area contributed by atoms with Gasteiger partial charge in [-0.2, -0.15) is 9.97 Å². The van der Waals surface area contributed by atoms with Crippen molar-refractivity contribution in [2.24, 2.45) is 0 Å². The molecule has 1 amide bonds. The molecule has 24 heavy (non-hydrogen) atoms. The summed E-state index contributed by atoms with van der Waals surface area (Å²) < 4.78 is 15.7. The molecule has 1 atom stereocenters. The molecule has 1 aliphatic heterocycles. The van der Waals surface area contributed by atoms with Crippen LogP contribution in [0, 0.1) is 6.92 Å². The van der Waals surface area contributed by atoms with Gasteiger partial charge in [0.2, 0.25) is 11.8 Å². The molecule has 1 saturated heterocycles. The van der Waals surface area contributed by atoms with Gasteiger partial charge in [-0.1, -0.05) is 10.3 Å². The van der Waals surface area contributed by atoms with Gasteiger partial charge >= 0.3 is 0 Å². The maximum Gasteiger partial charge on any atom is 0.252 e. The van der Waals surface area contributed by atoms with Crippen LogP contribution in [0.4, 0.5) is 0 Å². The Morgan fingerprint density at radius 3 is 2.88 bits per heavy atom. The monoisotopic (exact) mass is 333 g/mol. The maximum absolute atomic E-state index is 12.4. The lowest BCUT2D eigenvalue weighted by atomic mass is 10.2. The number of hydrogen-bond acceptors (Lipinski definition) is 8. The first-order chi connectivity index (χ1) is 11.7. The Morgan fingerprint density at radius 1 is 1.25 bits per heavy atom. The van der Waals surface area contributed by atoms with E-state index in [0.717, 1.165) is 25.7 Å². The van der Waals surface area contributed by atoms with Crippen LogP contribution in [-0.4, -0.2) is 44.2 Å². The molecular formula is C15H19N5O4. The predicted octanol–water partition coefficient (Wildman–Crippen LogP) is 1.52. The fraction of sp³-hybridized carbons (Fsp3) is 0.667. The second-order valence-electron chi connectivity index (χ2n) is 6.24. The fourth-order valence-electron chi connectivity index (χ4n) is 2.92. The smallest absolute Gasteiger partial charge is 0.252 e. The zero-order valence-electron chi connectivity index (χ0n) is 13.5. The largest absolute Gasteiger partial charge is 0.362 e. The molecule has 2 aliphatic rings. The molecule has 0 bridgehead atoms. The van der Waals surface area contributed by atoms with Crippen LogP contribution in [0.3, 0.4) is 0 Å². The van der Waals surface area contributed by atoms with Crippen molar-refractivity contribution in [3.8, 4) is 0 Å². The number of amides is 1. The molecule has 4 rings (SSSR count). The molecule has 2 aromatic rings. The van der Waals surface area contributed by atoms with Crippen molar-refractivity contribution in [2.45, 2.75) is 51.2 Å². The molecule has 3 heterocycles. The van der Waals surface area contributed by atoms with Crippen LogP contribution in [0.2, 0.25) is 0 Å². The molecule has 0 aromatic carbocycles. The van der Waals surface area contributed by atoms with Crippen LogP contribution in [0.15, 0.2) is 9.05 Å². The van der Waals surface area contributed by atoms with E-state index in [-0.39, 0.29) is 25.2 Å². The molecule has 1 saturated carbocycles. The van der Waals surface area contributed by atoms with Gasteiger partial charge in [0.1, 0.15) is 13.2 Å². The molecule has 1 aliphatic carbocycles. The van der Waals surface area contributed by atoms with E-state index in [1.54, 1.807) is 11.8 Å². The van der Waals surface area contributed by atoms with Crippen LogP contribution in [0.1, 0.15) is 61.1 Å². The summed E-state index contributed by atoms with van der Waals surface area (Å²) in [5.74, 6) is 2.54. The second kappa shape index (κ2) is 6.31. The van der Waals surface area contributed by atoms with Gasteiger partial charge in [-0.3, -0.25) is 4.79 Å². The lowest BCUT2D eigenvalue weighted by Gasteiger charge is -2.21. The lowest BCUT2D eigenvalue weighted by molar-refractivity contribution is -0.137. The zero-order chi connectivity index (χ0) is 16.5. The molecule has 0 radical (unpaired) electrons. The maximum atomic E-state index is 12.4. The number of carbonyl (C=O) groups excluding carboxylic acids is 1. The number of hydrogen-bond donors (Lipinski definition) is 0. The van der Waals surface area contributed by atoms with E-state index in [1.807, 2.05) is 0 Å². The Balaban J connectivity index is 1.33. The summed E-state index contributed by atoms with van der Waals surface area (Å²) in [5, 5.41) is 7.75. The first-order valence-corrected chi connectivity index (χ1v) is 8.20. The van der Waals surface area contributed by atoms with Crippen LogP contribution < -0.4 is 0 Å². The highest BCUT2D eigenvalue weighted by atomic mass is 16.5. The van der Waals surface area contributed by atoms with Crippen LogP contribution in [0.5, 0.6) is 0 Å². The number of nitrogens with zero attached hydrogens (tertiary/aromatic N) is 5. The Morgan fingerprint density at radius 2 is 2.12 bits per heavy atom. The number of rotatable bonds is 6. The lowest BCUT2D eigenvalue weighted by Crippen LogP contribution is -2.34. The van der Waals surface area contributed by atoms with Crippen molar-refractivity contribution in [1.82, 2.24) is 25.2 Å². The molecule has 1 unspecified atom stereocenters. The van der Waals surface area contributed by atoms with Crippen molar-refractivity contribution in [2.75, 3.05) is 13.2 Å². The van der Waals surface area contributed by atoms with Crippen molar-refractivity contribution in [3.05, 3.63) is 23.4 Å². The normalized spacial score (nSPS) is 20.7. The summed E-state index contributed by atoms with van der Waals surface area (Å²) in [6, 6.07) is -0.122. The summed E-state index contributed by atoms with van der Waals surface area (Å²) in [6.07, 6.45) is 3.99. The Bertz CT molecular complexity index is 723. The number of likely N-dealkylation sites (tertiary alicyclic amines) is 1. The van der Waals surface area contributed by atoms with Crippen LogP contribution in [-0.2, 0) is 16.1 Å². The SMILES string of the molecule is Cc1noc(COCC(=O)N2CCCC2c2noc(C3CC3)n2)n1. The summed E-state index contributed by atoms with van der Waals surface area (Å²) in [5.41, 5.74) is 0. The first kappa shape index (κ1) is 15.3. The minimum absolute atomic E-state index is 0.0364. The molecule has 128 valence electrons. The Kier molecular flexibility index (Phi) is 4.01. The highest BCUT2D eigenvalue weighted by Gasteiger charge is 2.36. The molecule has 2 fully saturated rings. The number of aromatic nitrogens is 4. The summed E-state index contributed by atoms with van der Waals surface area (Å²) >= 11 is 0. The van der Waals surface area contributed by atoms with Crippen LogP contribution >= 0.6 is 0 Å². The second-order valence-corrected chi connectivity index (χ2v) is 6.24. The average Bonchev–Trinajstić information content (AvgIpc) is 3.00. The van der Waals surface area contributed by atoms with E-state index in [2.05, 4.69) is 20.3 Å². The first-order valence-electron chi connectivity index (χ1n) is 8.20. The van der Waals surface area contributed by atoms with E-state index in [0.29, 0.717) is 35.9 Å². The fourth-order valence-corrected chi connectivity index (χ4v) is 2.92. The van der Waals surface area contributed by atoms with Gasteiger partial charge in [0.15, 0.2) is 11.6 Å². The summed E-state index contributed by atoms with van der Waals surface area (Å²) in [4.78, 5) is 22.7. The van der Waals surface area contributed by atoms with E-state index in [9.17, 15) is 4.79 Å². The molecule has 0 N–H and O–H groups in total. The van der Waals surface area contributed by atoms with E-state index in [4.69, 9.17) is 13.8 Å². The predicted molar refractivity (Wildman–Crippen MR) is 78.7 cm³/mol. The van der Waals surface area contributed by atoms with Gasteiger partial charge in [0, 0.05) is 12.5 Å². The van der Waals surface area contributed by atoms with Gasteiger partial charge in [-0.05, 0) is 32.6 Å².